The zero-order chi connectivity index (χ0) is 12.8. The van der Waals surface area contributed by atoms with Gasteiger partial charge in [-0.15, -0.1) is 11.6 Å². The fourth-order valence-corrected chi connectivity index (χ4v) is 3.08. The largest absolute Gasteiger partial charge is 0.344 e. The van der Waals surface area contributed by atoms with E-state index in [9.17, 15) is 4.39 Å². The van der Waals surface area contributed by atoms with Crippen LogP contribution in [0.4, 0.5) is 4.39 Å². The van der Waals surface area contributed by atoms with Crippen molar-refractivity contribution in [3.05, 3.63) is 35.6 Å². The number of hydrogen-bond acceptors (Lipinski definition) is 1. The van der Waals surface area contributed by atoms with Crippen LogP contribution in [0.2, 0.25) is 0 Å². The van der Waals surface area contributed by atoms with E-state index in [0.717, 1.165) is 5.56 Å². The van der Waals surface area contributed by atoms with Crippen LogP contribution in [-0.2, 0) is 4.87 Å². The summed E-state index contributed by atoms with van der Waals surface area (Å²) >= 11 is 17.4. The molecular weight excluding hydrogens is 280 g/mol. The fraction of sp³-hybridized carbons (Fsp3) is 0.417. The van der Waals surface area contributed by atoms with Crippen LogP contribution >= 0.6 is 35.4 Å². The van der Waals surface area contributed by atoms with Crippen LogP contribution in [0, 0.1) is 5.82 Å². The van der Waals surface area contributed by atoms with Crippen LogP contribution < -0.4 is 0 Å². The van der Waals surface area contributed by atoms with Gasteiger partial charge in [0.25, 0.3) is 0 Å². The number of thiocarbonyl (C=S) groups is 1. The Bertz CT molecular complexity index is 460. The van der Waals surface area contributed by atoms with Gasteiger partial charge in [0.05, 0.1) is 5.54 Å². The third-order valence-corrected chi connectivity index (χ3v) is 4.76. The van der Waals surface area contributed by atoms with E-state index in [1.807, 2.05) is 18.7 Å². The van der Waals surface area contributed by atoms with Gasteiger partial charge in [-0.1, -0.05) is 23.7 Å². The highest BCUT2D eigenvalue weighted by Crippen LogP contribution is 2.52. The molecular formula is C12H12Cl2FNS. The predicted octanol–water partition coefficient (Wildman–Crippen LogP) is 3.88. The summed E-state index contributed by atoms with van der Waals surface area (Å²) in [5.74, 6) is -0.268. The molecule has 17 heavy (non-hydrogen) atoms. The zero-order valence-electron chi connectivity index (χ0n) is 9.51. The van der Waals surface area contributed by atoms with Gasteiger partial charge in [-0.05, 0) is 43.8 Å². The van der Waals surface area contributed by atoms with Crippen LogP contribution in [0.1, 0.15) is 19.4 Å². The summed E-state index contributed by atoms with van der Waals surface area (Å²) in [7, 11) is 0. The van der Waals surface area contributed by atoms with Crippen LogP contribution in [0.15, 0.2) is 24.3 Å². The molecule has 1 unspecified atom stereocenters. The summed E-state index contributed by atoms with van der Waals surface area (Å²) < 4.78 is 13.2. The van der Waals surface area contributed by atoms with Crippen molar-refractivity contribution in [2.24, 2.45) is 0 Å². The number of benzene rings is 1. The summed E-state index contributed by atoms with van der Waals surface area (Å²) in [6.45, 7) is 4.48. The minimum absolute atomic E-state index is 0.268. The fourth-order valence-electron chi connectivity index (χ4n) is 2.17. The molecule has 1 heterocycles. The van der Waals surface area contributed by atoms with Gasteiger partial charge in [0.15, 0.2) is 4.45 Å². The minimum atomic E-state index is -0.584. The number of hydrogen-bond donors (Lipinski definition) is 0. The van der Waals surface area contributed by atoms with Crippen molar-refractivity contribution in [3.8, 4) is 0 Å². The molecule has 0 aromatic heterocycles. The second-order valence-corrected chi connectivity index (χ2v) is 6.32. The number of alkyl halides is 1. The molecule has 0 saturated carbocycles. The quantitative estimate of drug-likeness (QED) is 0.334. The van der Waals surface area contributed by atoms with E-state index in [1.54, 1.807) is 12.1 Å². The van der Waals surface area contributed by atoms with Gasteiger partial charge in [0, 0.05) is 6.54 Å². The van der Waals surface area contributed by atoms with Crippen LogP contribution in [-0.4, -0.2) is 21.4 Å². The Morgan fingerprint density at radius 1 is 1.35 bits per heavy atom. The first-order valence-electron chi connectivity index (χ1n) is 5.21. The summed E-state index contributed by atoms with van der Waals surface area (Å²) in [4.78, 5) is 1.28. The predicted molar refractivity (Wildman–Crippen MR) is 73.2 cm³/mol. The highest BCUT2D eigenvalue weighted by Gasteiger charge is 2.59. The molecule has 0 amide bonds. The van der Waals surface area contributed by atoms with Crippen molar-refractivity contribution in [2.45, 2.75) is 24.3 Å². The molecule has 1 saturated heterocycles. The molecule has 92 valence electrons. The molecule has 1 atom stereocenters. The van der Waals surface area contributed by atoms with E-state index >= 15 is 0 Å². The maximum absolute atomic E-state index is 12.9. The Hall–Kier alpha value is -0.380. The Morgan fingerprint density at radius 2 is 1.88 bits per heavy atom. The van der Waals surface area contributed by atoms with Gasteiger partial charge in [-0.3, -0.25) is 0 Å². The highest BCUT2D eigenvalue weighted by atomic mass is 35.5. The van der Waals surface area contributed by atoms with Crippen LogP contribution in [0.3, 0.4) is 0 Å². The van der Waals surface area contributed by atoms with Gasteiger partial charge in [0.2, 0.25) is 0 Å². The second-order valence-electron chi connectivity index (χ2n) is 4.71. The average molecular weight is 292 g/mol. The number of likely N-dealkylation sites (tertiary alicyclic amines) is 1. The molecule has 1 aromatic carbocycles. The lowest BCUT2D eigenvalue weighted by atomic mass is 9.72. The number of nitrogens with zero attached hydrogens (tertiary/aromatic N) is 1. The summed E-state index contributed by atoms with van der Waals surface area (Å²) in [5.41, 5.74) is 0.500. The van der Waals surface area contributed by atoms with Gasteiger partial charge in [0.1, 0.15) is 10.7 Å². The summed E-state index contributed by atoms with van der Waals surface area (Å²) in [6, 6.07) is 6.24. The maximum Gasteiger partial charge on any atom is 0.170 e. The molecule has 0 spiro atoms. The van der Waals surface area contributed by atoms with E-state index in [0.29, 0.717) is 11.0 Å². The van der Waals surface area contributed by atoms with Crippen molar-refractivity contribution in [3.63, 3.8) is 0 Å². The van der Waals surface area contributed by atoms with E-state index in [2.05, 4.69) is 0 Å². The van der Waals surface area contributed by atoms with Crippen molar-refractivity contribution >= 4 is 39.9 Å². The molecule has 0 radical (unpaired) electrons. The molecule has 5 heteroatoms. The Balaban J connectivity index is 2.34. The van der Waals surface area contributed by atoms with Gasteiger partial charge in [-0.25, -0.2) is 4.39 Å². The first-order chi connectivity index (χ1) is 7.79. The van der Waals surface area contributed by atoms with E-state index in [1.165, 1.54) is 12.1 Å². The van der Waals surface area contributed by atoms with Crippen molar-refractivity contribution < 1.29 is 4.39 Å². The van der Waals surface area contributed by atoms with Gasteiger partial charge < -0.3 is 4.90 Å². The Morgan fingerprint density at radius 3 is 2.29 bits per heavy atom. The normalized spacial score (nSPS) is 26.5. The summed E-state index contributed by atoms with van der Waals surface area (Å²) in [6.07, 6.45) is 0. The van der Waals surface area contributed by atoms with Gasteiger partial charge >= 0.3 is 0 Å². The smallest absolute Gasteiger partial charge is 0.170 e. The van der Waals surface area contributed by atoms with Crippen molar-refractivity contribution in [2.75, 3.05) is 6.54 Å². The Kier molecular flexibility index (Phi) is 3.13. The monoisotopic (exact) mass is 291 g/mol. The topological polar surface area (TPSA) is 3.24 Å². The van der Waals surface area contributed by atoms with Crippen LogP contribution in [0.5, 0.6) is 0 Å². The average Bonchev–Trinajstić information content (AvgIpc) is 2.26. The van der Waals surface area contributed by atoms with Crippen molar-refractivity contribution in [1.82, 2.24) is 4.90 Å². The molecule has 0 bridgehead atoms. The first kappa shape index (κ1) is 13.1. The lowest BCUT2D eigenvalue weighted by Crippen LogP contribution is -2.72. The molecule has 1 nitrogen and oxygen atoms in total. The third kappa shape index (κ3) is 1.85. The third-order valence-electron chi connectivity index (χ3n) is 3.53. The minimum Gasteiger partial charge on any atom is -0.344 e. The highest BCUT2D eigenvalue weighted by molar-refractivity contribution is 7.83. The van der Waals surface area contributed by atoms with Crippen LogP contribution in [0.25, 0.3) is 0 Å². The molecule has 0 aliphatic carbocycles. The molecule has 2 rings (SSSR count). The first-order valence-corrected chi connectivity index (χ1v) is 6.37. The van der Waals surface area contributed by atoms with Gasteiger partial charge in [-0.2, -0.15) is 0 Å². The lowest BCUT2D eigenvalue weighted by molar-refractivity contribution is 0.0330. The SMILES string of the molecule is CC1(C)N(C(=S)Cl)CC1(Cl)c1ccc(F)cc1. The second kappa shape index (κ2) is 4.08. The zero-order valence-corrected chi connectivity index (χ0v) is 11.8. The lowest BCUT2D eigenvalue weighted by Gasteiger charge is -2.61. The van der Waals surface area contributed by atoms with E-state index in [4.69, 9.17) is 35.4 Å². The standard InChI is InChI=1S/C12H12Cl2FNS/c1-11(2)12(14,7-16(11)10(13)17)8-3-5-9(15)6-4-8/h3-6H,7H2,1-2H3. The van der Waals surface area contributed by atoms with E-state index in [-0.39, 0.29) is 11.4 Å². The van der Waals surface area contributed by atoms with E-state index < -0.39 is 4.87 Å². The molecule has 1 aliphatic rings. The Labute approximate surface area is 116 Å². The molecule has 1 aliphatic heterocycles. The molecule has 1 fully saturated rings. The molecule has 1 aromatic rings. The molecule has 0 N–H and O–H groups in total. The maximum atomic E-state index is 12.9. The summed E-state index contributed by atoms with van der Waals surface area (Å²) in [5, 5.41) is 0. The number of rotatable bonds is 1. The number of halogens is 3. The van der Waals surface area contributed by atoms with Crippen molar-refractivity contribution in [1.29, 1.82) is 0 Å².